The lowest BCUT2D eigenvalue weighted by molar-refractivity contribution is -0.903. The Bertz CT molecular complexity index is 738. The van der Waals surface area contributed by atoms with Crippen LogP contribution in [0.3, 0.4) is 0 Å². The number of hydrogen-bond donors (Lipinski definition) is 3. The van der Waals surface area contributed by atoms with Crippen LogP contribution in [0.5, 0.6) is 0 Å². The highest BCUT2D eigenvalue weighted by molar-refractivity contribution is 5.95. The van der Waals surface area contributed by atoms with Crippen molar-refractivity contribution < 1.29 is 24.0 Å². The minimum atomic E-state index is -0.522. The molecule has 0 spiro atoms. The summed E-state index contributed by atoms with van der Waals surface area (Å²) in [5.41, 5.74) is 4.10. The van der Waals surface area contributed by atoms with Gasteiger partial charge in [-0.25, -0.2) is 9.59 Å². The van der Waals surface area contributed by atoms with Crippen LogP contribution in [0.4, 0.5) is 4.79 Å². The lowest BCUT2D eigenvalue weighted by atomic mass is 9.91. The van der Waals surface area contributed by atoms with E-state index in [-0.39, 0.29) is 6.03 Å². The van der Waals surface area contributed by atoms with Gasteiger partial charge in [-0.05, 0) is 25.0 Å². The highest BCUT2D eigenvalue weighted by Gasteiger charge is 2.35. The van der Waals surface area contributed by atoms with E-state index in [1.54, 1.807) is 0 Å². The van der Waals surface area contributed by atoms with Crippen LogP contribution in [0.1, 0.15) is 22.7 Å². The van der Waals surface area contributed by atoms with Gasteiger partial charge in [0.25, 0.3) is 0 Å². The SMILES string of the molecule is COC(=O)C1=C(C[NH+]2CCOCC2)NC(=O)N[C@H]1c1cc(C)ccc1C. The Labute approximate surface area is 153 Å². The normalized spacial score (nSPS) is 21.2. The predicted octanol–water partition coefficient (Wildman–Crippen LogP) is -0.000460. The number of hydrogen-bond acceptors (Lipinski definition) is 4. The first-order valence-electron chi connectivity index (χ1n) is 8.87. The number of methoxy groups -OCH3 is 1. The van der Waals surface area contributed by atoms with Crippen molar-refractivity contribution in [2.24, 2.45) is 0 Å². The van der Waals surface area contributed by atoms with Crippen LogP contribution in [-0.4, -0.2) is 52.0 Å². The average Bonchev–Trinajstić information content (AvgIpc) is 2.63. The van der Waals surface area contributed by atoms with E-state index in [0.717, 1.165) is 29.8 Å². The van der Waals surface area contributed by atoms with Crippen molar-refractivity contribution in [3.8, 4) is 0 Å². The van der Waals surface area contributed by atoms with E-state index in [1.165, 1.54) is 12.0 Å². The van der Waals surface area contributed by atoms with Crippen molar-refractivity contribution in [2.75, 3.05) is 40.0 Å². The first-order valence-corrected chi connectivity index (χ1v) is 8.87. The molecule has 2 aliphatic heterocycles. The molecule has 7 nitrogen and oxygen atoms in total. The molecule has 1 aromatic rings. The quantitative estimate of drug-likeness (QED) is 0.661. The summed E-state index contributed by atoms with van der Waals surface area (Å²) in [6, 6.07) is 5.20. The van der Waals surface area contributed by atoms with E-state index in [4.69, 9.17) is 9.47 Å². The predicted molar refractivity (Wildman–Crippen MR) is 95.7 cm³/mol. The number of urea groups is 1. The van der Waals surface area contributed by atoms with Gasteiger partial charge in [0.1, 0.15) is 19.6 Å². The maximum Gasteiger partial charge on any atom is 0.338 e. The summed E-state index contributed by atoms with van der Waals surface area (Å²) in [5, 5.41) is 5.72. The first-order chi connectivity index (χ1) is 12.5. The molecule has 0 aromatic heterocycles. The molecule has 1 fully saturated rings. The number of carbonyl (C=O) groups excluding carboxylic acids is 2. The molecule has 0 bridgehead atoms. The Morgan fingerprint density at radius 2 is 2.04 bits per heavy atom. The van der Waals surface area contributed by atoms with Crippen LogP contribution >= 0.6 is 0 Å². The van der Waals surface area contributed by atoms with Crippen molar-refractivity contribution in [2.45, 2.75) is 19.9 Å². The van der Waals surface area contributed by atoms with Crippen LogP contribution in [0.25, 0.3) is 0 Å². The number of morpholine rings is 1. The maximum absolute atomic E-state index is 12.6. The number of ether oxygens (including phenoxy) is 2. The zero-order valence-electron chi connectivity index (χ0n) is 15.5. The Hall–Kier alpha value is -2.38. The standard InChI is InChI=1S/C19H25N3O4/c1-12-4-5-13(2)14(10-12)17-16(18(23)25-3)15(20-19(24)21-17)11-22-6-8-26-9-7-22/h4-5,10,17H,6-9,11H2,1-3H3,(H2,20,21,24)/p+1/t17-/m0/s1. The lowest BCUT2D eigenvalue weighted by Gasteiger charge is -2.32. The van der Waals surface area contributed by atoms with Gasteiger partial charge in [-0.2, -0.15) is 0 Å². The zero-order valence-corrected chi connectivity index (χ0v) is 15.5. The molecule has 3 N–H and O–H groups in total. The van der Waals surface area contributed by atoms with Crippen molar-refractivity contribution >= 4 is 12.0 Å². The van der Waals surface area contributed by atoms with Crippen LogP contribution in [0.15, 0.2) is 29.5 Å². The first kappa shape index (κ1) is 18.4. The van der Waals surface area contributed by atoms with Gasteiger partial charge in [0, 0.05) is 0 Å². The second-order valence-electron chi connectivity index (χ2n) is 6.81. The molecule has 0 saturated carbocycles. The molecular weight excluding hydrogens is 334 g/mol. The second kappa shape index (κ2) is 7.88. The Kier molecular flexibility index (Phi) is 5.58. The summed E-state index contributed by atoms with van der Waals surface area (Å²) in [6.45, 7) is 7.58. The van der Waals surface area contributed by atoms with Gasteiger partial charge in [0.05, 0.1) is 37.6 Å². The summed E-state index contributed by atoms with van der Waals surface area (Å²) in [5.74, 6) is -0.425. The number of aryl methyl sites for hydroxylation is 2. The molecular formula is C19H26N3O4+. The lowest BCUT2D eigenvalue weighted by Crippen LogP contribution is -3.14. The Morgan fingerprint density at radius 3 is 2.73 bits per heavy atom. The summed E-state index contributed by atoms with van der Waals surface area (Å²) in [6.07, 6.45) is 0. The van der Waals surface area contributed by atoms with Crippen molar-refractivity contribution in [3.05, 3.63) is 46.2 Å². The maximum atomic E-state index is 12.6. The van der Waals surface area contributed by atoms with Crippen molar-refractivity contribution in [1.82, 2.24) is 10.6 Å². The fourth-order valence-electron chi connectivity index (χ4n) is 3.50. The summed E-state index contributed by atoms with van der Waals surface area (Å²) in [7, 11) is 1.37. The van der Waals surface area contributed by atoms with E-state index < -0.39 is 12.0 Å². The van der Waals surface area contributed by atoms with Crippen LogP contribution < -0.4 is 15.5 Å². The van der Waals surface area contributed by atoms with Crippen LogP contribution in [0.2, 0.25) is 0 Å². The van der Waals surface area contributed by atoms with Gasteiger partial charge in [0.15, 0.2) is 0 Å². The molecule has 0 aliphatic carbocycles. The number of rotatable bonds is 4. The largest absolute Gasteiger partial charge is 0.466 e. The smallest absolute Gasteiger partial charge is 0.338 e. The minimum Gasteiger partial charge on any atom is -0.466 e. The summed E-state index contributed by atoms with van der Waals surface area (Å²) >= 11 is 0. The molecule has 2 heterocycles. The molecule has 0 radical (unpaired) electrons. The average molecular weight is 360 g/mol. The van der Waals surface area contributed by atoms with Gasteiger partial charge in [-0.3, -0.25) is 0 Å². The second-order valence-corrected chi connectivity index (χ2v) is 6.81. The van der Waals surface area contributed by atoms with Crippen LogP contribution in [0, 0.1) is 13.8 Å². The molecule has 0 unspecified atom stereocenters. The molecule has 7 heteroatoms. The molecule has 1 aromatic carbocycles. The van der Waals surface area contributed by atoms with E-state index in [9.17, 15) is 9.59 Å². The number of carbonyl (C=O) groups is 2. The zero-order chi connectivity index (χ0) is 18.7. The monoisotopic (exact) mass is 360 g/mol. The number of nitrogens with one attached hydrogen (secondary N) is 3. The fourth-order valence-corrected chi connectivity index (χ4v) is 3.50. The molecule has 2 amide bonds. The molecule has 1 atom stereocenters. The van der Waals surface area contributed by atoms with Gasteiger partial charge in [-0.1, -0.05) is 23.8 Å². The third-order valence-corrected chi connectivity index (χ3v) is 4.93. The van der Waals surface area contributed by atoms with E-state index in [0.29, 0.717) is 31.0 Å². The van der Waals surface area contributed by atoms with Gasteiger partial charge in [-0.15, -0.1) is 0 Å². The Morgan fingerprint density at radius 1 is 1.31 bits per heavy atom. The molecule has 3 rings (SSSR count). The van der Waals surface area contributed by atoms with E-state index in [2.05, 4.69) is 10.6 Å². The highest BCUT2D eigenvalue weighted by atomic mass is 16.5. The third kappa shape index (κ3) is 3.89. The number of amides is 2. The topological polar surface area (TPSA) is 81.1 Å². The Balaban J connectivity index is 2.03. The minimum absolute atomic E-state index is 0.300. The summed E-state index contributed by atoms with van der Waals surface area (Å²) < 4.78 is 10.4. The molecule has 26 heavy (non-hydrogen) atoms. The van der Waals surface area contributed by atoms with E-state index in [1.807, 2.05) is 32.0 Å². The highest BCUT2D eigenvalue weighted by Crippen LogP contribution is 2.30. The van der Waals surface area contributed by atoms with Crippen molar-refractivity contribution in [1.29, 1.82) is 0 Å². The molecule has 2 aliphatic rings. The van der Waals surface area contributed by atoms with Gasteiger partial charge >= 0.3 is 12.0 Å². The fraction of sp³-hybridized carbons (Fsp3) is 0.474. The number of esters is 1. The third-order valence-electron chi connectivity index (χ3n) is 4.93. The van der Waals surface area contributed by atoms with Crippen molar-refractivity contribution in [3.63, 3.8) is 0 Å². The van der Waals surface area contributed by atoms with Gasteiger partial charge in [0.2, 0.25) is 0 Å². The molecule has 140 valence electrons. The van der Waals surface area contributed by atoms with E-state index >= 15 is 0 Å². The summed E-state index contributed by atoms with van der Waals surface area (Å²) in [4.78, 5) is 26.2. The molecule has 1 saturated heterocycles. The number of quaternary nitrogens is 1. The number of benzene rings is 1. The van der Waals surface area contributed by atoms with Crippen LogP contribution in [-0.2, 0) is 14.3 Å². The van der Waals surface area contributed by atoms with Gasteiger partial charge < -0.3 is 25.0 Å².